The molecule has 0 saturated heterocycles. The van der Waals surface area contributed by atoms with E-state index in [0.29, 0.717) is 35.7 Å². The highest BCUT2D eigenvalue weighted by atomic mass is 16.5. The summed E-state index contributed by atoms with van der Waals surface area (Å²) < 4.78 is 10.6. The first-order valence-corrected chi connectivity index (χ1v) is 11.2. The lowest BCUT2D eigenvalue weighted by atomic mass is 10.0. The number of carbonyl (C=O) groups excluding carboxylic acids is 2. The molecule has 0 saturated carbocycles. The van der Waals surface area contributed by atoms with Gasteiger partial charge < -0.3 is 14.8 Å². The van der Waals surface area contributed by atoms with Gasteiger partial charge >= 0.3 is 5.97 Å². The van der Waals surface area contributed by atoms with Gasteiger partial charge in [0.1, 0.15) is 0 Å². The normalized spacial score (nSPS) is 10.6. The fraction of sp³-hybridized carbons (Fsp3) is 0.138. The van der Waals surface area contributed by atoms with E-state index in [9.17, 15) is 9.59 Å². The zero-order chi connectivity index (χ0) is 24.6. The molecule has 0 radical (unpaired) electrons. The predicted molar refractivity (Wildman–Crippen MR) is 135 cm³/mol. The SMILES string of the molecule is COC(=O)c1cc(-c2cccc(C(=O)Nc3cccc(COCc4ccccc4)c3)c2)cnc1C. The molecule has 0 aliphatic rings. The average molecular weight is 467 g/mol. The molecule has 1 amide bonds. The second kappa shape index (κ2) is 11.2. The van der Waals surface area contributed by atoms with Gasteiger partial charge in [0.25, 0.3) is 5.91 Å². The quantitative estimate of drug-likeness (QED) is 0.332. The second-order valence-electron chi connectivity index (χ2n) is 8.06. The van der Waals surface area contributed by atoms with E-state index in [1.54, 1.807) is 37.4 Å². The van der Waals surface area contributed by atoms with E-state index >= 15 is 0 Å². The highest BCUT2D eigenvalue weighted by Gasteiger charge is 2.13. The molecular weight excluding hydrogens is 440 g/mol. The Morgan fingerprint density at radius 1 is 0.829 bits per heavy atom. The Morgan fingerprint density at radius 3 is 2.37 bits per heavy atom. The number of nitrogens with zero attached hydrogens (tertiary/aromatic N) is 1. The first-order valence-electron chi connectivity index (χ1n) is 11.2. The zero-order valence-electron chi connectivity index (χ0n) is 19.7. The number of anilines is 1. The van der Waals surface area contributed by atoms with Crippen LogP contribution < -0.4 is 5.32 Å². The number of methoxy groups -OCH3 is 1. The molecule has 3 aromatic carbocycles. The number of aryl methyl sites for hydroxylation is 1. The summed E-state index contributed by atoms with van der Waals surface area (Å²) in [5.74, 6) is -0.680. The molecule has 176 valence electrons. The highest BCUT2D eigenvalue weighted by molar-refractivity contribution is 6.05. The highest BCUT2D eigenvalue weighted by Crippen LogP contribution is 2.23. The number of rotatable bonds is 8. The Kier molecular flexibility index (Phi) is 7.65. The van der Waals surface area contributed by atoms with Crippen molar-refractivity contribution in [1.29, 1.82) is 0 Å². The van der Waals surface area contributed by atoms with Gasteiger partial charge in [-0.25, -0.2) is 4.79 Å². The third kappa shape index (κ3) is 6.19. The van der Waals surface area contributed by atoms with Crippen molar-refractivity contribution in [2.24, 2.45) is 0 Å². The van der Waals surface area contributed by atoms with Crippen LogP contribution >= 0.6 is 0 Å². The van der Waals surface area contributed by atoms with Crippen LogP contribution in [0.15, 0.2) is 91.1 Å². The zero-order valence-corrected chi connectivity index (χ0v) is 19.7. The standard InChI is InChI=1S/C29H26N2O4/c1-20-27(29(33)34-2)16-25(17-30-20)23-11-7-12-24(15-23)28(32)31-26-13-6-10-22(14-26)19-35-18-21-8-4-3-5-9-21/h3-17H,18-19H2,1-2H3,(H,31,32). The summed E-state index contributed by atoms with van der Waals surface area (Å²) in [6.07, 6.45) is 1.68. The van der Waals surface area contributed by atoms with Crippen molar-refractivity contribution < 1.29 is 19.1 Å². The topological polar surface area (TPSA) is 77.5 Å². The van der Waals surface area contributed by atoms with Crippen molar-refractivity contribution in [1.82, 2.24) is 4.98 Å². The van der Waals surface area contributed by atoms with Crippen molar-refractivity contribution in [2.75, 3.05) is 12.4 Å². The maximum absolute atomic E-state index is 13.0. The summed E-state index contributed by atoms with van der Waals surface area (Å²) in [6.45, 7) is 2.72. The number of hydrogen-bond donors (Lipinski definition) is 1. The summed E-state index contributed by atoms with van der Waals surface area (Å²) in [5.41, 5.74) is 5.74. The van der Waals surface area contributed by atoms with Crippen LogP contribution in [0.4, 0.5) is 5.69 Å². The van der Waals surface area contributed by atoms with Gasteiger partial charge in [0.2, 0.25) is 0 Å². The summed E-state index contributed by atoms with van der Waals surface area (Å²) in [6, 6.07) is 26.5. The first-order chi connectivity index (χ1) is 17.0. The van der Waals surface area contributed by atoms with E-state index in [0.717, 1.165) is 22.3 Å². The molecular formula is C29H26N2O4. The van der Waals surface area contributed by atoms with Gasteiger partial charge in [0.15, 0.2) is 0 Å². The van der Waals surface area contributed by atoms with Gasteiger partial charge in [0.05, 0.1) is 31.6 Å². The molecule has 0 aliphatic heterocycles. The molecule has 0 bridgehead atoms. The molecule has 35 heavy (non-hydrogen) atoms. The maximum Gasteiger partial charge on any atom is 0.339 e. The fourth-order valence-electron chi connectivity index (χ4n) is 3.65. The average Bonchev–Trinajstić information content (AvgIpc) is 2.89. The molecule has 0 unspecified atom stereocenters. The van der Waals surface area contributed by atoms with Crippen molar-refractivity contribution in [2.45, 2.75) is 20.1 Å². The minimum absolute atomic E-state index is 0.234. The Balaban J connectivity index is 1.44. The van der Waals surface area contributed by atoms with Crippen molar-refractivity contribution in [3.63, 3.8) is 0 Å². The van der Waals surface area contributed by atoms with Gasteiger partial charge in [0, 0.05) is 23.0 Å². The summed E-state index contributed by atoms with van der Waals surface area (Å²) in [5, 5.41) is 2.95. The molecule has 1 heterocycles. The number of hydrogen-bond acceptors (Lipinski definition) is 5. The third-order valence-electron chi connectivity index (χ3n) is 5.52. The Hall–Kier alpha value is -4.29. The van der Waals surface area contributed by atoms with Gasteiger partial charge in [-0.2, -0.15) is 0 Å². The van der Waals surface area contributed by atoms with Crippen LogP contribution in [-0.2, 0) is 22.7 Å². The van der Waals surface area contributed by atoms with Crippen LogP contribution in [0.3, 0.4) is 0 Å². The van der Waals surface area contributed by atoms with Crippen molar-refractivity contribution in [3.8, 4) is 11.1 Å². The minimum atomic E-state index is -0.446. The van der Waals surface area contributed by atoms with Crippen LogP contribution in [0, 0.1) is 6.92 Å². The van der Waals surface area contributed by atoms with Crippen LogP contribution in [0.5, 0.6) is 0 Å². The Bertz CT molecular complexity index is 1340. The van der Waals surface area contributed by atoms with Gasteiger partial charge in [-0.15, -0.1) is 0 Å². The number of aromatic nitrogens is 1. The van der Waals surface area contributed by atoms with Crippen LogP contribution in [0.1, 0.15) is 37.5 Å². The van der Waals surface area contributed by atoms with E-state index in [-0.39, 0.29) is 5.91 Å². The number of amides is 1. The van der Waals surface area contributed by atoms with E-state index in [2.05, 4.69) is 10.3 Å². The summed E-state index contributed by atoms with van der Waals surface area (Å²) >= 11 is 0. The molecule has 1 aromatic heterocycles. The lowest BCUT2D eigenvalue weighted by Gasteiger charge is -2.10. The van der Waals surface area contributed by atoms with Crippen LogP contribution in [0.2, 0.25) is 0 Å². The second-order valence-corrected chi connectivity index (χ2v) is 8.06. The van der Waals surface area contributed by atoms with E-state index in [1.807, 2.05) is 60.7 Å². The van der Waals surface area contributed by atoms with Crippen molar-refractivity contribution >= 4 is 17.6 Å². The number of pyridine rings is 1. The van der Waals surface area contributed by atoms with E-state index < -0.39 is 5.97 Å². The molecule has 0 fully saturated rings. The molecule has 4 rings (SSSR count). The minimum Gasteiger partial charge on any atom is -0.465 e. The molecule has 0 spiro atoms. The lowest BCUT2D eigenvalue weighted by molar-refractivity contribution is 0.0599. The molecule has 6 heteroatoms. The van der Waals surface area contributed by atoms with Gasteiger partial charge in [-0.3, -0.25) is 9.78 Å². The lowest BCUT2D eigenvalue weighted by Crippen LogP contribution is -2.12. The monoisotopic (exact) mass is 466 g/mol. The summed E-state index contributed by atoms with van der Waals surface area (Å²) in [7, 11) is 1.34. The Labute approximate surface area is 204 Å². The first kappa shape index (κ1) is 23.9. The van der Waals surface area contributed by atoms with Crippen LogP contribution in [-0.4, -0.2) is 24.0 Å². The fourth-order valence-corrected chi connectivity index (χ4v) is 3.65. The number of carbonyl (C=O) groups is 2. The van der Waals surface area contributed by atoms with Gasteiger partial charge in [-0.05, 0) is 53.9 Å². The molecule has 0 atom stereocenters. The number of esters is 1. The maximum atomic E-state index is 13.0. The largest absolute Gasteiger partial charge is 0.465 e. The van der Waals surface area contributed by atoms with E-state index in [4.69, 9.17) is 9.47 Å². The predicted octanol–water partition coefficient (Wildman–Crippen LogP) is 5.81. The van der Waals surface area contributed by atoms with Gasteiger partial charge in [-0.1, -0.05) is 54.6 Å². The smallest absolute Gasteiger partial charge is 0.339 e. The van der Waals surface area contributed by atoms with Crippen LogP contribution in [0.25, 0.3) is 11.1 Å². The molecule has 4 aromatic rings. The molecule has 6 nitrogen and oxygen atoms in total. The Morgan fingerprint density at radius 2 is 1.57 bits per heavy atom. The summed E-state index contributed by atoms with van der Waals surface area (Å²) in [4.78, 5) is 29.3. The molecule has 0 aliphatic carbocycles. The molecule has 1 N–H and O–H groups in total. The third-order valence-corrected chi connectivity index (χ3v) is 5.52. The van der Waals surface area contributed by atoms with Crippen molar-refractivity contribution in [3.05, 3.63) is 119 Å². The number of nitrogens with one attached hydrogen (secondary N) is 1. The number of benzene rings is 3. The number of ether oxygens (including phenoxy) is 2. The van der Waals surface area contributed by atoms with E-state index in [1.165, 1.54) is 7.11 Å².